The van der Waals surface area contributed by atoms with E-state index < -0.39 is 0 Å². The molecule has 1 aromatic rings. The van der Waals surface area contributed by atoms with Crippen molar-refractivity contribution in [2.24, 2.45) is 0 Å². The van der Waals surface area contributed by atoms with Gasteiger partial charge in [-0.25, -0.2) is 4.79 Å². The Morgan fingerprint density at radius 2 is 1.71 bits per heavy atom. The van der Waals surface area contributed by atoms with Gasteiger partial charge in [0.1, 0.15) is 0 Å². The molecule has 2 rings (SSSR count). The molecule has 1 aromatic carbocycles. The molecule has 1 heterocycles. The van der Waals surface area contributed by atoms with Crippen LogP contribution in [0.25, 0.3) is 0 Å². The number of nitrogens with zero attached hydrogens (tertiary/aromatic N) is 2. The third-order valence-electron chi connectivity index (χ3n) is 4.18. The minimum Gasteiger partial charge on any atom is -0.378 e. The zero-order valence-corrected chi connectivity index (χ0v) is 15.0. The summed E-state index contributed by atoms with van der Waals surface area (Å²) in [5, 5.41) is 5.98. The van der Waals surface area contributed by atoms with E-state index in [0.717, 1.165) is 18.5 Å². The third-order valence-corrected chi connectivity index (χ3v) is 4.18. The Bertz CT molecular complexity index is 561. The number of piperidine rings is 1. The summed E-state index contributed by atoms with van der Waals surface area (Å²) in [5.41, 5.74) is 1.73. The fraction of sp³-hybridized carbons (Fsp3) is 0.556. The van der Waals surface area contributed by atoms with Crippen LogP contribution < -0.4 is 15.5 Å². The lowest BCUT2D eigenvalue weighted by Crippen LogP contribution is -2.50. The van der Waals surface area contributed by atoms with Crippen molar-refractivity contribution in [3.63, 3.8) is 0 Å². The number of hydrogen-bond donors (Lipinski definition) is 2. The van der Waals surface area contributed by atoms with Gasteiger partial charge in [0.2, 0.25) is 0 Å². The molecule has 1 aliphatic rings. The van der Waals surface area contributed by atoms with Gasteiger partial charge < -0.3 is 20.4 Å². The fourth-order valence-electron chi connectivity index (χ4n) is 2.74. The Hall–Kier alpha value is -2.24. The minimum atomic E-state index is -0.0506. The second-order valence-electron chi connectivity index (χ2n) is 6.78. The normalized spacial score (nSPS) is 15.3. The number of carbonyl (C=O) groups is 2. The summed E-state index contributed by atoms with van der Waals surface area (Å²) in [6.07, 6.45) is 1.57. The highest BCUT2D eigenvalue weighted by Crippen LogP contribution is 2.14. The first kappa shape index (κ1) is 18.1. The van der Waals surface area contributed by atoms with Crippen LogP contribution in [0.15, 0.2) is 24.3 Å². The zero-order chi connectivity index (χ0) is 17.7. The van der Waals surface area contributed by atoms with Crippen LogP contribution in [0.2, 0.25) is 0 Å². The van der Waals surface area contributed by atoms with Gasteiger partial charge in [0.05, 0.1) is 0 Å². The van der Waals surface area contributed by atoms with Crippen molar-refractivity contribution in [2.75, 3.05) is 32.1 Å². The lowest BCUT2D eigenvalue weighted by molar-refractivity contribution is 0.0918. The summed E-state index contributed by atoms with van der Waals surface area (Å²) in [6, 6.07) is 7.80. The van der Waals surface area contributed by atoms with E-state index in [-0.39, 0.29) is 24.0 Å². The topological polar surface area (TPSA) is 64.7 Å². The van der Waals surface area contributed by atoms with Crippen LogP contribution in [0.3, 0.4) is 0 Å². The molecular weight excluding hydrogens is 304 g/mol. The fourth-order valence-corrected chi connectivity index (χ4v) is 2.74. The summed E-state index contributed by atoms with van der Waals surface area (Å²) in [4.78, 5) is 28.1. The number of likely N-dealkylation sites (tertiary alicyclic amines) is 1. The number of rotatable bonds is 4. The van der Waals surface area contributed by atoms with Gasteiger partial charge in [-0.15, -0.1) is 0 Å². The summed E-state index contributed by atoms with van der Waals surface area (Å²) in [6.45, 7) is 5.24. The summed E-state index contributed by atoms with van der Waals surface area (Å²) >= 11 is 0. The van der Waals surface area contributed by atoms with Crippen molar-refractivity contribution in [1.82, 2.24) is 15.5 Å². The number of anilines is 1. The molecule has 24 heavy (non-hydrogen) atoms. The number of hydrogen-bond acceptors (Lipinski definition) is 3. The van der Waals surface area contributed by atoms with Gasteiger partial charge in [-0.2, -0.15) is 0 Å². The predicted octanol–water partition coefficient (Wildman–Crippen LogP) is 2.06. The largest absolute Gasteiger partial charge is 0.378 e. The highest BCUT2D eigenvalue weighted by Gasteiger charge is 2.24. The van der Waals surface area contributed by atoms with Gasteiger partial charge in [-0.1, -0.05) is 0 Å². The average molecular weight is 332 g/mol. The quantitative estimate of drug-likeness (QED) is 0.887. The van der Waals surface area contributed by atoms with Crippen LogP contribution in [0.4, 0.5) is 10.5 Å². The van der Waals surface area contributed by atoms with Gasteiger partial charge in [0, 0.05) is 50.5 Å². The number of nitrogens with one attached hydrogen (secondary N) is 2. The molecule has 0 aromatic heterocycles. The van der Waals surface area contributed by atoms with Crippen molar-refractivity contribution in [3.8, 4) is 0 Å². The highest BCUT2D eigenvalue weighted by molar-refractivity contribution is 5.94. The van der Waals surface area contributed by atoms with Crippen molar-refractivity contribution in [3.05, 3.63) is 29.8 Å². The zero-order valence-electron chi connectivity index (χ0n) is 15.0. The SMILES string of the molecule is CC(C)NC(=O)N1CCC(NC(=O)c2ccc(N(C)C)cc2)CC1. The third kappa shape index (κ3) is 4.88. The molecule has 6 nitrogen and oxygen atoms in total. The molecule has 0 spiro atoms. The van der Waals surface area contributed by atoms with Crippen molar-refractivity contribution < 1.29 is 9.59 Å². The van der Waals surface area contributed by atoms with Crippen LogP contribution in [-0.2, 0) is 0 Å². The molecule has 2 N–H and O–H groups in total. The summed E-state index contributed by atoms with van der Waals surface area (Å²) in [7, 11) is 3.94. The average Bonchev–Trinajstić information content (AvgIpc) is 2.55. The molecule has 0 bridgehead atoms. The molecule has 6 heteroatoms. The maximum absolute atomic E-state index is 12.3. The van der Waals surface area contributed by atoms with E-state index >= 15 is 0 Å². The molecule has 0 aliphatic carbocycles. The van der Waals surface area contributed by atoms with Gasteiger partial charge in [0.25, 0.3) is 5.91 Å². The first-order valence-electron chi connectivity index (χ1n) is 8.50. The van der Waals surface area contributed by atoms with Crippen molar-refractivity contribution >= 4 is 17.6 Å². The minimum absolute atomic E-state index is 0.0194. The van der Waals surface area contributed by atoms with Crippen LogP contribution in [0, 0.1) is 0 Å². The second-order valence-corrected chi connectivity index (χ2v) is 6.78. The first-order chi connectivity index (χ1) is 11.4. The van der Waals surface area contributed by atoms with E-state index in [4.69, 9.17) is 0 Å². The van der Waals surface area contributed by atoms with E-state index in [0.29, 0.717) is 18.7 Å². The number of urea groups is 1. The highest BCUT2D eigenvalue weighted by atomic mass is 16.2. The molecule has 3 amide bonds. The number of carbonyl (C=O) groups excluding carboxylic acids is 2. The number of amides is 3. The molecule has 0 saturated carbocycles. The van der Waals surface area contributed by atoms with E-state index in [2.05, 4.69) is 10.6 Å². The van der Waals surface area contributed by atoms with Gasteiger partial charge in [-0.05, 0) is 51.0 Å². The Balaban J connectivity index is 1.83. The number of benzene rings is 1. The second kappa shape index (κ2) is 8.04. The molecule has 0 atom stereocenters. The van der Waals surface area contributed by atoms with Gasteiger partial charge >= 0.3 is 6.03 Å². The smallest absolute Gasteiger partial charge is 0.317 e. The van der Waals surface area contributed by atoms with E-state index in [1.165, 1.54) is 0 Å². The molecular formula is C18H28N4O2. The molecule has 0 unspecified atom stereocenters. The lowest BCUT2D eigenvalue weighted by Gasteiger charge is -2.33. The van der Waals surface area contributed by atoms with E-state index in [1.54, 1.807) is 0 Å². The Kier molecular flexibility index (Phi) is 6.06. The van der Waals surface area contributed by atoms with Crippen LogP contribution in [0.5, 0.6) is 0 Å². The van der Waals surface area contributed by atoms with Gasteiger partial charge in [-0.3, -0.25) is 4.79 Å². The standard InChI is InChI=1S/C18H28N4O2/c1-13(2)19-18(24)22-11-9-15(10-12-22)20-17(23)14-5-7-16(8-6-14)21(3)4/h5-8,13,15H,9-12H2,1-4H3,(H,19,24)(H,20,23). The van der Waals surface area contributed by atoms with Crippen LogP contribution in [-0.4, -0.2) is 56.1 Å². The molecule has 1 fully saturated rings. The Morgan fingerprint density at radius 1 is 1.12 bits per heavy atom. The Labute approximate surface area is 144 Å². The predicted molar refractivity (Wildman–Crippen MR) is 96.5 cm³/mol. The molecule has 1 saturated heterocycles. The van der Waals surface area contributed by atoms with Crippen LogP contribution in [0.1, 0.15) is 37.0 Å². The first-order valence-corrected chi connectivity index (χ1v) is 8.50. The molecule has 1 aliphatic heterocycles. The van der Waals surface area contributed by atoms with Crippen molar-refractivity contribution in [2.45, 2.75) is 38.8 Å². The van der Waals surface area contributed by atoms with Gasteiger partial charge in [0.15, 0.2) is 0 Å². The lowest BCUT2D eigenvalue weighted by atomic mass is 10.0. The monoisotopic (exact) mass is 332 g/mol. The van der Waals surface area contributed by atoms with Crippen LogP contribution >= 0.6 is 0 Å². The maximum Gasteiger partial charge on any atom is 0.317 e. The maximum atomic E-state index is 12.3. The van der Waals surface area contributed by atoms with E-state index in [1.807, 2.05) is 62.0 Å². The Morgan fingerprint density at radius 3 is 2.21 bits per heavy atom. The van der Waals surface area contributed by atoms with E-state index in [9.17, 15) is 9.59 Å². The summed E-state index contributed by atoms with van der Waals surface area (Å²) < 4.78 is 0. The molecule has 132 valence electrons. The van der Waals surface area contributed by atoms with Crippen molar-refractivity contribution in [1.29, 1.82) is 0 Å². The summed E-state index contributed by atoms with van der Waals surface area (Å²) in [5.74, 6) is -0.0506. The molecule has 0 radical (unpaired) electrons.